The Kier molecular flexibility index (Phi) is 4.09. The van der Waals surface area contributed by atoms with Gasteiger partial charge in [0.2, 0.25) is 0 Å². The fourth-order valence-corrected chi connectivity index (χ4v) is 3.09. The summed E-state index contributed by atoms with van der Waals surface area (Å²) in [6.45, 7) is 10.0. The number of H-pyrrole nitrogens is 1. The standard InChI is InChI=1S/C15H21N3O2S/c1-8-11(13(19)20-6)9(2)16-12(8)10-7-21-14(17-10)18-15(3,4)5/h7,16H,1-6H3,(H,17,18). The molecule has 21 heavy (non-hydrogen) atoms. The number of aryl methyl sites for hydroxylation is 1. The number of aromatic amines is 1. The van der Waals surface area contributed by atoms with E-state index in [1.54, 1.807) is 11.3 Å². The maximum atomic E-state index is 11.8. The van der Waals surface area contributed by atoms with Crippen LogP contribution in [0.1, 0.15) is 42.4 Å². The fraction of sp³-hybridized carbons (Fsp3) is 0.467. The molecule has 0 spiro atoms. The predicted octanol–water partition coefficient (Wildman–Crippen LogP) is 3.75. The zero-order chi connectivity index (χ0) is 15.8. The quantitative estimate of drug-likeness (QED) is 0.847. The van der Waals surface area contributed by atoms with Crippen molar-refractivity contribution in [3.8, 4) is 11.4 Å². The lowest BCUT2D eigenvalue weighted by atomic mass is 10.1. The minimum absolute atomic E-state index is 0.0347. The number of carbonyl (C=O) groups excluding carboxylic acids is 1. The van der Waals surface area contributed by atoms with Gasteiger partial charge in [-0.2, -0.15) is 0 Å². The molecular formula is C15H21N3O2S. The number of rotatable bonds is 3. The molecule has 0 aliphatic rings. The van der Waals surface area contributed by atoms with Crippen molar-refractivity contribution in [3.05, 3.63) is 22.2 Å². The van der Waals surface area contributed by atoms with Gasteiger partial charge in [0.05, 0.1) is 18.4 Å². The predicted molar refractivity (Wildman–Crippen MR) is 86.1 cm³/mol. The summed E-state index contributed by atoms with van der Waals surface area (Å²) < 4.78 is 4.83. The number of hydrogen-bond acceptors (Lipinski definition) is 5. The van der Waals surface area contributed by atoms with E-state index >= 15 is 0 Å². The number of anilines is 1. The first-order chi connectivity index (χ1) is 9.73. The highest BCUT2D eigenvalue weighted by Gasteiger charge is 2.21. The van der Waals surface area contributed by atoms with E-state index in [1.807, 2.05) is 19.2 Å². The molecule has 0 saturated carbocycles. The Labute approximate surface area is 128 Å². The van der Waals surface area contributed by atoms with Crippen LogP contribution >= 0.6 is 11.3 Å². The summed E-state index contributed by atoms with van der Waals surface area (Å²) in [6.07, 6.45) is 0. The highest BCUT2D eigenvalue weighted by Crippen LogP contribution is 2.31. The van der Waals surface area contributed by atoms with Crippen molar-refractivity contribution in [1.82, 2.24) is 9.97 Å². The van der Waals surface area contributed by atoms with Gasteiger partial charge in [0.25, 0.3) is 0 Å². The third-order valence-electron chi connectivity index (χ3n) is 3.07. The van der Waals surface area contributed by atoms with Gasteiger partial charge in [-0.1, -0.05) is 0 Å². The number of hydrogen-bond donors (Lipinski definition) is 2. The van der Waals surface area contributed by atoms with Crippen molar-refractivity contribution in [3.63, 3.8) is 0 Å². The van der Waals surface area contributed by atoms with Crippen molar-refractivity contribution in [2.45, 2.75) is 40.2 Å². The van der Waals surface area contributed by atoms with Gasteiger partial charge >= 0.3 is 5.97 Å². The van der Waals surface area contributed by atoms with Crippen LogP contribution in [0.25, 0.3) is 11.4 Å². The lowest BCUT2D eigenvalue weighted by molar-refractivity contribution is 0.0599. The lowest BCUT2D eigenvalue weighted by Gasteiger charge is -2.19. The average Bonchev–Trinajstić information content (AvgIpc) is 2.91. The Morgan fingerprint density at radius 1 is 1.38 bits per heavy atom. The third kappa shape index (κ3) is 3.26. The molecule has 0 bridgehead atoms. The number of methoxy groups -OCH3 is 1. The van der Waals surface area contributed by atoms with Gasteiger partial charge in [-0.15, -0.1) is 11.3 Å². The molecule has 0 saturated heterocycles. The molecule has 0 aromatic carbocycles. The Morgan fingerprint density at radius 2 is 2.05 bits per heavy atom. The van der Waals surface area contributed by atoms with Crippen molar-refractivity contribution < 1.29 is 9.53 Å². The van der Waals surface area contributed by atoms with Crippen LogP contribution in [0, 0.1) is 13.8 Å². The summed E-state index contributed by atoms with van der Waals surface area (Å²) in [5.41, 5.74) is 3.92. The molecule has 2 N–H and O–H groups in total. The summed E-state index contributed by atoms with van der Waals surface area (Å²) in [4.78, 5) is 19.6. The van der Waals surface area contributed by atoms with E-state index in [9.17, 15) is 4.79 Å². The molecule has 0 aliphatic heterocycles. The van der Waals surface area contributed by atoms with Gasteiger partial charge < -0.3 is 15.0 Å². The van der Waals surface area contributed by atoms with E-state index in [-0.39, 0.29) is 11.5 Å². The second kappa shape index (κ2) is 5.52. The number of nitrogens with one attached hydrogen (secondary N) is 2. The number of aromatic nitrogens is 2. The van der Waals surface area contributed by atoms with Crippen LogP contribution in [0.3, 0.4) is 0 Å². The summed E-state index contributed by atoms with van der Waals surface area (Å²) in [7, 11) is 1.39. The van der Waals surface area contributed by atoms with Crippen molar-refractivity contribution in [2.24, 2.45) is 0 Å². The first kappa shape index (κ1) is 15.6. The van der Waals surface area contributed by atoms with E-state index < -0.39 is 0 Å². The SMILES string of the molecule is COC(=O)c1c(C)[nH]c(-c2csc(NC(C)(C)C)n2)c1C. The Bertz CT molecular complexity index is 665. The Balaban J connectivity index is 2.38. The van der Waals surface area contributed by atoms with E-state index in [4.69, 9.17) is 4.74 Å². The fourth-order valence-electron chi connectivity index (χ4n) is 2.18. The topological polar surface area (TPSA) is 67.0 Å². The number of ether oxygens (including phenoxy) is 1. The summed E-state index contributed by atoms with van der Waals surface area (Å²) in [5.74, 6) is -0.323. The molecule has 2 aromatic heterocycles. The highest BCUT2D eigenvalue weighted by atomic mass is 32.1. The maximum absolute atomic E-state index is 11.8. The van der Waals surface area contributed by atoms with Crippen LogP contribution in [0.15, 0.2) is 5.38 Å². The smallest absolute Gasteiger partial charge is 0.339 e. The molecule has 0 unspecified atom stereocenters. The lowest BCUT2D eigenvalue weighted by Crippen LogP contribution is -2.25. The van der Waals surface area contributed by atoms with E-state index in [1.165, 1.54) is 7.11 Å². The average molecular weight is 307 g/mol. The molecule has 2 rings (SSSR count). The van der Waals surface area contributed by atoms with Gasteiger partial charge in [-0.05, 0) is 40.2 Å². The first-order valence-electron chi connectivity index (χ1n) is 6.74. The molecule has 0 atom stereocenters. The summed E-state index contributed by atoms with van der Waals surface area (Å²) in [5, 5.41) is 6.19. The molecule has 114 valence electrons. The van der Waals surface area contributed by atoms with Gasteiger partial charge in [-0.3, -0.25) is 0 Å². The van der Waals surface area contributed by atoms with E-state index in [0.717, 1.165) is 27.8 Å². The molecule has 0 aliphatic carbocycles. The van der Waals surface area contributed by atoms with E-state index in [2.05, 4.69) is 36.1 Å². The van der Waals surface area contributed by atoms with Crippen molar-refractivity contribution in [1.29, 1.82) is 0 Å². The van der Waals surface area contributed by atoms with Gasteiger partial charge in [0.15, 0.2) is 5.13 Å². The third-order valence-corrected chi connectivity index (χ3v) is 3.83. The number of esters is 1. The van der Waals surface area contributed by atoms with Crippen LogP contribution in [0.4, 0.5) is 5.13 Å². The largest absolute Gasteiger partial charge is 0.465 e. The normalized spacial score (nSPS) is 11.5. The van der Waals surface area contributed by atoms with Crippen LogP contribution in [-0.4, -0.2) is 28.6 Å². The monoisotopic (exact) mass is 307 g/mol. The zero-order valence-corrected chi connectivity index (χ0v) is 14.1. The van der Waals surface area contributed by atoms with Crippen LogP contribution in [0.5, 0.6) is 0 Å². The minimum Gasteiger partial charge on any atom is -0.465 e. The van der Waals surface area contributed by atoms with E-state index in [0.29, 0.717) is 5.56 Å². The zero-order valence-electron chi connectivity index (χ0n) is 13.2. The molecule has 0 fully saturated rings. The second-order valence-electron chi connectivity index (χ2n) is 6.03. The maximum Gasteiger partial charge on any atom is 0.339 e. The molecule has 0 amide bonds. The first-order valence-corrected chi connectivity index (χ1v) is 7.62. The second-order valence-corrected chi connectivity index (χ2v) is 6.89. The number of carbonyl (C=O) groups is 1. The molecular weight excluding hydrogens is 286 g/mol. The number of thiazole rings is 1. The van der Waals surface area contributed by atoms with Gasteiger partial charge in [-0.25, -0.2) is 9.78 Å². The molecule has 5 nitrogen and oxygen atoms in total. The van der Waals surface area contributed by atoms with Crippen LogP contribution < -0.4 is 5.32 Å². The molecule has 2 aromatic rings. The van der Waals surface area contributed by atoms with Gasteiger partial charge in [0, 0.05) is 16.6 Å². The summed E-state index contributed by atoms with van der Waals surface area (Å²) >= 11 is 1.55. The minimum atomic E-state index is -0.323. The van der Waals surface area contributed by atoms with Crippen molar-refractivity contribution in [2.75, 3.05) is 12.4 Å². The summed E-state index contributed by atoms with van der Waals surface area (Å²) in [6, 6.07) is 0. The molecule has 0 radical (unpaired) electrons. The Morgan fingerprint density at radius 3 is 2.62 bits per heavy atom. The molecule has 2 heterocycles. The van der Waals surface area contributed by atoms with Crippen LogP contribution in [0.2, 0.25) is 0 Å². The highest BCUT2D eigenvalue weighted by molar-refractivity contribution is 7.14. The van der Waals surface area contributed by atoms with Gasteiger partial charge in [0.1, 0.15) is 5.69 Å². The molecule has 6 heteroatoms. The number of nitrogens with zero attached hydrogens (tertiary/aromatic N) is 1. The van der Waals surface area contributed by atoms with Crippen LogP contribution in [-0.2, 0) is 4.74 Å². The van der Waals surface area contributed by atoms with Crippen molar-refractivity contribution >= 4 is 22.4 Å². The Hall–Kier alpha value is -1.82.